The molecule has 5 aromatic carbocycles. The molecule has 5 nitrogen and oxygen atoms in total. The largest absolute Gasteiger partial charge is 0.507 e. The number of fused-ring (bicyclic) bond motifs is 2. The molecule has 0 heterocycles. The van der Waals surface area contributed by atoms with E-state index in [1.165, 1.54) is 6.07 Å². The summed E-state index contributed by atoms with van der Waals surface area (Å²) in [5, 5.41) is 29.8. The average Bonchev–Trinajstić information content (AvgIpc) is 2.87. The molecule has 0 aliphatic rings. The minimum Gasteiger partial charge on any atom is -0.507 e. The summed E-state index contributed by atoms with van der Waals surface area (Å²) in [4.78, 5) is 0. The van der Waals surface area contributed by atoms with Crippen molar-refractivity contribution in [2.24, 2.45) is 20.5 Å². The Bertz CT molecular complexity index is 1660. The number of aromatic hydroxyl groups is 1. The molecule has 0 aliphatic heterocycles. The summed E-state index contributed by atoms with van der Waals surface area (Å²) in [7, 11) is 0. The molecule has 0 saturated heterocycles. The van der Waals surface area contributed by atoms with Crippen molar-refractivity contribution in [2.75, 3.05) is 0 Å². The Hall–Kier alpha value is -4.59. The van der Waals surface area contributed by atoms with Crippen LogP contribution in [0.1, 0.15) is 11.1 Å². The molecule has 8 heteroatoms. The Balaban J connectivity index is 1.54. The number of nitrogens with zero attached hydrogens (tertiary/aromatic N) is 4. The number of phenols is 1. The lowest BCUT2D eigenvalue weighted by atomic mass is 10.1. The lowest BCUT2D eigenvalue weighted by Gasteiger charge is -2.10. The van der Waals surface area contributed by atoms with Gasteiger partial charge in [-0.25, -0.2) is 0 Å². The second-order valence-electron chi connectivity index (χ2n) is 8.22. The molecule has 0 unspecified atom stereocenters. The number of hydrogen-bond donors (Lipinski definition) is 1. The molecule has 36 heavy (non-hydrogen) atoms. The highest BCUT2D eigenvalue weighted by Gasteiger charge is 2.33. The zero-order valence-corrected chi connectivity index (χ0v) is 19.0. The first-order valence-corrected chi connectivity index (χ1v) is 11.0. The van der Waals surface area contributed by atoms with Crippen molar-refractivity contribution in [3.05, 3.63) is 102 Å². The summed E-state index contributed by atoms with van der Waals surface area (Å²) in [6, 6.07) is 25.2. The number of hydrogen-bond acceptors (Lipinski definition) is 5. The van der Waals surface area contributed by atoms with Crippen LogP contribution in [0.15, 0.2) is 111 Å². The van der Waals surface area contributed by atoms with Crippen LogP contribution in [0.25, 0.3) is 21.5 Å². The van der Waals surface area contributed by atoms with Gasteiger partial charge in [0, 0.05) is 21.5 Å². The third-order valence-electron chi connectivity index (χ3n) is 5.74. The van der Waals surface area contributed by atoms with E-state index in [1.807, 2.05) is 36.4 Å². The Kier molecular flexibility index (Phi) is 5.93. The van der Waals surface area contributed by atoms with Crippen molar-refractivity contribution in [3.63, 3.8) is 0 Å². The predicted molar refractivity (Wildman–Crippen MR) is 134 cm³/mol. The van der Waals surface area contributed by atoms with Gasteiger partial charge in [0.05, 0.1) is 28.3 Å². The molecule has 0 spiro atoms. The van der Waals surface area contributed by atoms with Crippen molar-refractivity contribution in [1.82, 2.24) is 0 Å². The molecule has 5 rings (SSSR count). The van der Waals surface area contributed by atoms with Gasteiger partial charge in [-0.05, 0) is 43.3 Å². The molecular formula is C28H19F3N4O. The summed E-state index contributed by atoms with van der Waals surface area (Å²) >= 11 is 0. The number of alkyl halides is 3. The molecule has 0 atom stereocenters. The minimum atomic E-state index is -4.54. The van der Waals surface area contributed by atoms with Gasteiger partial charge in [-0.3, -0.25) is 0 Å². The summed E-state index contributed by atoms with van der Waals surface area (Å²) in [5.41, 5.74) is 0.974. The maximum Gasteiger partial charge on any atom is 0.418 e. The fourth-order valence-corrected chi connectivity index (χ4v) is 3.98. The van der Waals surface area contributed by atoms with Crippen LogP contribution in [0.2, 0.25) is 0 Å². The van der Waals surface area contributed by atoms with Crippen molar-refractivity contribution in [1.29, 1.82) is 0 Å². The van der Waals surface area contributed by atoms with Gasteiger partial charge in [0.15, 0.2) is 0 Å². The summed E-state index contributed by atoms with van der Waals surface area (Å²) in [6.45, 7) is 1.60. The van der Waals surface area contributed by atoms with Crippen molar-refractivity contribution in [2.45, 2.75) is 13.1 Å². The predicted octanol–water partition coefficient (Wildman–Crippen LogP) is 9.86. The van der Waals surface area contributed by atoms with Gasteiger partial charge in [-0.2, -0.15) is 13.2 Å². The van der Waals surface area contributed by atoms with Crippen LogP contribution >= 0.6 is 0 Å². The van der Waals surface area contributed by atoms with Gasteiger partial charge >= 0.3 is 6.18 Å². The quantitative estimate of drug-likeness (QED) is 0.253. The Morgan fingerprint density at radius 2 is 0.972 bits per heavy atom. The first kappa shape index (κ1) is 23.2. The van der Waals surface area contributed by atoms with Crippen molar-refractivity contribution in [3.8, 4) is 5.75 Å². The van der Waals surface area contributed by atoms with E-state index in [-0.39, 0.29) is 11.4 Å². The maximum absolute atomic E-state index is 13.5. The smallest absolute Gasteiger partial charge is 0.418 e. The van der Waals surface area contributed by atoms with Gasteiger partial charge < -0.3 is 5.11 Å². The van der Waals surface area contributed by atoms with Crippen LogP contribution in [0.3, 0.4) is 0 Å². The summed E-state index contributed by atoms with van der Waals surface area (Å²) in [6.07, 6.45) is -4.54. The summed E-state index contributed by atoms with van der Waals surface area (Å²) in [5.74, 6) is 0.159. The Morgan fingerprint density at radius 1 is 0.556 bits per heavy atom. The van der Waals surface area contributed by atoms with Gasteiger partial charge in [0.25, 0.3) is 0 Å². The third-order valence-corrected chi connectivity index (χ3v) is 5.74. The fourth-order valence-electron chi connectivity index (χ4n) is 3.98. The van der Waals surface area contributed by atoms with Crippen molar-refractivity contribution >= 4 is 44.3 Å². The Labute approximate surface area is 204 Å². The van der Waals surface area contributed by atoms with E-state index in [9.17, 15) is 18.3 Å². The highest BCUT2D eigenvalue weighted by molar-refractivity contribution is 6.00. The number of rotatable bonds is 4. The first-order valence-electron chi connectivity index (χ1n) is 11.0. The zero-order chi connectivity index (χ0) is 25.3. The van der Waals surface area contributed by atoms with Crippen LogP contribution in [0.4, 0.5) is 35.9 Å². The third kappa shape index (κ3) is 4.53. The van der Waals surface area contributed by atoms with E-state index >= 15 is 0 Å². The standard InChI is InChI=1S/C28H19F3N4O/c1-17-10-11-26(22(16-17)28(29,30)31)35-34-24-13-12-23(18-6-2-3-7-19(18)24)32-33-25-14-15-27(36)21-9-5-4-8-20(21)25/h2-16,36H,1H3. The second kappa shape index (κ2) is 9.22. The molecule has 0 fully saturated rings. The van der Waals surface area contributed by atoms with E-state index in [2.05, 4.69) is 20.5 Å². The van der Waals surface area contributed by atoms with Gasteiger partial charge in [-0.15, -0.1) is 20.5 Å². The lowest BCUT2D eigenvalue weighted by Crippen LogP contribution is -2.05. The second-order valence-corrected chi connectivity index (χ2v) is 8.22. The molecule has 0 saturated carbocycles. The highest BCUT2D eigenvalue weighted by atomic mass is 19.4. The molecule has 0 bridgehead atoms. The monoisotopic (exact) mass is 484 g/mol. The van der Waals surface area contributed by atoms with E-state index < -0.39 is 11.7 Å². The summed E-state index contributed by atoms with van der Waals surface area (Å²) < 4.78 is 40.4. The van der Waals surface area contributed by atoms with Gasteiger partial charge in [-0.1, -0.05) is 60.2 Å². The first-order chi connectivity index (χ1) is 17.3. The molecule has 0 aliphatic carbocycles. The van der Waals surface area contributed by atoms with Crippen LogP contribution in [0, 0.1) is 6.92 Å². The fraction of sp³-hybridized carbons (Fsp3) is 0.0714. The van der Waals surface area contributed by atoms with Crippen molar-refractivity contribution < 1.29 is 18.3 Å². The van der Waals surface area contributed by atoms with Gasteiger partial charge in [0.2, 0.25) is 0 Å². The zero-order valence-electron chi connectivity index (χ0n) is 19.0. The van der Waals surface area contributed by atoms with Crippen LogP contribution in [0.5, 0.6) is 5.75 Å². The molecule has 5 aromatic rings. The number of aryl methyl sites for hydroxylation is 1. The van der Waals surface area contributed by atoms with Crippen LogP contribution in [-0.2, 0) is 6.18 Å². The van der Waals surface area contributed by atoms with Crippen LogP contribution in [-0.4, -0.2) is 5.11 Å². The van der Waals surface area contributed by atoms with E-state index in [4.69, 9.17) is 0 Å². The number of azo groups is 2. The SMILES string of the molecule is Cc1ccc(N=Nc2ccc(N=Nc3ccc(O)c4ccccc34)c3ccccc23)c(C(F)(F)F)c1. The number of phenolic OH excluding ortho intramolecular Hbond substituents is 1. The lowest BCUT2D eigenvalue weighted by molar-refractivity contribution is -0.137. The number of halogens is 3. The minimum absolute atomic E-state index is 0.159. The topological polar surface area (TPSA) is 69.7 Å². The molecule has 178 valence electrons. The molecule has 0 radical (unpaired) electrons. The van der Waals surface area contributed by atoms with E-state index in [0.29, 0.717) is 33.4 Å². The van der Waals surface area contributed by atoms with Gasteiger partial charge in [0.1, 0.15) is 5.75 Å². The Morgan fingerprint density at radius 3 is 1.50 bits per heavy atom. The number of benzene rings is 5. The van der Waals surface area contributed by atoms with E-state index in [1.54, 1.807) is 49.4 Å². The van der Waals surface area contributed by atoms with E-state index in [0.717, 1.165) is 16.8 Å². The van der Waals surface area contributed by atoms with Crippen LogP contribution < -0.4 is 0 Å². The molecule has 1 N–H and O–H groups in total. The molecule has 0 amide bonds. The highest BCUT2D eigenvalue weighted by Crippen LogP contribution is 2.40. The maximum atomic E-state index is 13.5. The normalized spacial score (nSPS) is 12.3. The molecular weight excluding hydrogens is 465 g/mol. The molecule has 0 aromatic heterocycles. The average molecular weight is 484 g/mol.